The van der Waals surface area contributed by atoms with Crippen molar-refractivity contribution >= 4 is 11.7 Å². The SMILES string of the molecule is CN1C[C@@](CCC2CCCCC2)(C[C@@H]2CCCC(=N)C2)NC1=N. The highest BCUT2D eigenvalue weighted by atomic mass is 15.4. The molecule has 0 radical (unpaired) electrons. The van der Waals surface area contributed by atoms with Crippen LogP contribution >= 0.6 is 0 Å². The predicted octanol–water partition coefficient (Wildman–Crippen LogP) is 4.16. The Balaban J connectivity index is 1.62. The quantitative estimate of drug-likeness (QED) is 0.713. The van der Waals surface area contributed by atoms with Crippen LogP contribution < -0.4 is 5.32 Å². The number of hydrogen-bond donors (Lipinski definition) is 3. The van der Waals surface area contributed by atoms with Crippen molar-refractivity contribution in [3.05, 3.63) is 0 Å². The number of hydrogen-bond acceptors (Lipinski definition) is 2. The first-order valence-corrected chi connectivity index (χ1v) is 9.70. The van der Waals surface area contributed by atoms with Gasteiger partial charge in [-0.2, -0.15) is 0 Å². The highest BCUT2D eigenvalue weighted by Gasteiger charge is 2.41. The minimum atomic E-state index is 0.0889. The van der Waals surface area contributed by atoms with Crippen LogP contribution in [0.25, 0.3) is 0 Å². The molecule has 3 fully saturated rings. The van der Waals surface area contributed by atoms with Crippen molar-refractivity contribution in [2.75, 3.05) is 13.6 Å². The average Bonchev–Trinajstić information content (AvgIpc) is 2.81. The molecule has 0 aromatic carbocycles. The van der Waals surface area contributed by atoms with Gasteiger partial charge in [-0.05, 0) is 56.8 Å². The zero-order chi connectivity index (χ0) is 16.3. The molecule has 0 aromatic heterocycles. The Morgan fingerprint density at radius 1 is 1.09 bits per heavy atom. The summed E-state index contributed by atoms with van der Waals surface area (Å²) in [6.45, 7) is 0.975. The summed E-state index contributed by atoms with van der Waals surface area (Å²) in [5.74, 6) is 2.15. The van der Waals surface area contributed by atoms with E-state index in [9.17, 15) is 0 Å². The Labute approximate surface area is 141 Å². The van der Waals surface area contributed by atoms with Crippen LogP contribution in [0.4, 0.5) is 0 Å². The maximum absolute atomic E-state index is 8.16. The van der Waals surface area contributed by atoms with E-state index >= 15 is 0 Å². The van der Waals surface area contributed by atoms with Crippen LogP contribution in [0.15, 0.2) is 0 Å². The summed E-state index contributed by atoms with van der Waals surface area (Å²) >= 11 is 0. The van der Waals surface area contributed by atoms with Crippen LogP contribution in [0.1, 0.15) is 77.0 Å². The highest BCUT2D eigenvalue weighted by molar-refractivity contribution is 5.82. The molecule has 3 N–H and O–H groups in total. The van der Waals surface area contributed by atoms with E-state index in [0.717, 1.165) is 37.4 Å². The number of likely N-dealkylation sites (N-methyl/N-ethyl adjacent to an activating group) is 1. The third kappa shape index (κ3) is 4.27. The van der Waals surface area contributed by atoms with Crippen LogP contribution in [0.5, 0.6) is 0 Å². The van der Waals surface area contributed by atoms with Gasteiger partial charge in [0.2, 0.25) is 0 Å². The van der Waals surface area contributed by atoms with Gasteiger partial charge in [0.1, 0.15) is 0 Å². The van der Waals surface area contributed by atoms with E-state index in [-0.39, 0.29) is 5.54 Å². The molecule has 1 heterocycles. The first-order chi connectivity index (χ1) is 11.1. The molecule has 0 aromatic rings. The minimum Gasteiger partial charge on any atom is -0.349 e. The van der Waals surface area contributed by atoms with Gasteiger partial charge in [-0.15, -0.1) is 0 Å². The van der Waals surface area contributed by atoms with Gasteiger partial charge >= 0.3 is 0 Å². The molecule has 1 saturated heterocycles. The zero-order valence-electron chi connectivity index (χ0n) is 14.8. The van der Waals surface area contributed by atoms with Crippen molar-refractivity contribution in [3.63, 3.8) is 0 Å². The van der Waals surface area contributed by atoms with E-state index in [1.54, 1.807) is 0 Å². The second kappa shape index (κ2) is 7.23. The summed E-state index contributed by atoms with van der Waals surface area (Å²) in [5.41, 5.74) is 1.04. The van der Waals surface area contributed by atoms with Gasteiger partial charge in [-0.3, -0.25) is 5.41 Å². The Morgan fingerprint density at radius 2 is 1.83 bits per heavy atom. The minimum absolute atomic E-state index is 0.0889. The molecule has 0 bridgehead atoms. The van der Waals surface area contributed by atoms with E-state index in [2.05, 4.69) is 10.2 Å². The lowest BCUT2D eigenvalue weighted by Gasteiger charge is -2.36. The van der Waals surface area contributed by atoms with Crippen LogP contribution in [-0.4, -0.2) is 35.7 Å². The largest absolute Gasteiger partial charge is 0.349 e. The van der Waals surface area contributed by atoms with E-state index < -0.39 is 0 Å². The standard InChI is InChI=1S/C19H34N4/c1-23-14-19(22-18(23)21,11-10-15-6-3-2-4-7-15)13-16-8-5-9-17(20)12-16/h15-16,20H,2-14H2,1H3,(H2,21,22)/t16-,19-/m1/s1. The molecule has 0 amide bonds. The lowest BCUT2D eigenvalue weighted by atomic mass is 9.75. The molecule has 0 unspecified atom stereocenters. The van der Waals surface area contributed by atoms with Crippen molar-refractivity contribution in [1.82, 2.24) is 10.2 Å². The molecule has 3 aliphatic rings. The third-order valence-electron chi connectivity index (χ3n) is 6.37. The van der Waals surface area contributed by atoms with Gasteiger partial charge in [0.25, 0.3) is 0 Å². The Morgan fingerprint density at radius 3 is 2.48 bits per heavy atom. The van der Waals surface area contributed by atoms with E-state index in [0.29, 0.717) is 11.9 Å². The number of nitrogens with zero attached hydrogens (tertiary/aromatic N) is 1. The van der Waals surface area contributed by atoms with Gasteiger partial charge in [-0.25, -0.2) is 0 Å². The summed E-state index contributed by atoms with van der Waals surface area (Å²) in [6.07, 6.45) is 15.2. The summed E-state index contributed by atoms with van der Waals surface area (Å²) in [7, 11) is 2.04. The van der Waals surface area contributed by atoms with Crippen molar-refractivity contribution in [1.29, 1.82) is 10.8 Å². The molecule has 3 rings (SSSR count). The maximum atomic E-state index is 8.16. The summed E-state index contributed by atoms with van der Waals surface area (Å²) in [5, 5.41) is 19.7. The second-order valence-corrected chi connectivity index (χ2v) is 8.42. The monoisotopic (exact) mass is 318 g/mol. The molecule has 23 heavy (non-hydrogen) atoms. The molecule has 4 nitrogen and oxygen atoms in total. The smallest absolute Gasteiger partial charge is 0.191 e. The van der Waals surface area contributed by atoms with E-state index in [1.807, 2.05) is 7.05 Å². The fourth-order valence-corrected chi connectivity index (χ4v) is 5.12. The van der Waals surface area contributed by atoms with E-state index in [4.69, 9.17) is 10.8 Å². The lowest BCUT2D eigenvalue weighted by molar-refractivity contribution is 0.223. The van der Waals surface area contributed by atoms with Crippen molar-refractivity contribution in [2.24, 2.45) is 11.8 Å². The first kappa shape index (κ1) is 16.8. The van der Waals surface area contributed by atoms with E-state index in [1.165, 1.54) is 57.8 Å². The normalized spacial score (nSPS) is 33.1. The lowest BCUT2D eigenvalue weighted by Crippen LogP contribution is -2.46. The fraction of sp³-hybridized carbons (Fsp3) is 0.895. The average molecular weight is 319 g/mol. The van der Waals surface area contributed by atoms with Gasteiger partial charge in [0.15, 0.2) is 5.96 Å². The Hall–Kier alpha value is -1.06. The summed E-state index contributed by atoms with van der Waals surface area (Å²) in [4.78, 5) is 2.08. The predicted molar refractivity (Wildman–Crippen MR) is 96.3 cm³/mol. The van der Waals surface area contributed by atoms with Crippen LogP contribution in [-0.2, 0) is 0 Å². The van der Waals surface area contributed by atoms with Gasteiger partial charge in [0, 0.05) is 19.3 Å². The molecule has 130 valence electrons. The highest BCUT2D eigenvalue weighted by Crippen LogP contribution is 2.37. The molecule has 2 aliphatic carbocycles. The number of guanidine groups is 1. The molecule has 4 heteroatoms. The molecule has 2 atom stereocenters. The van der Waals surface area contributed by atoms with Crippen molar-refractivity contribution in [2.45, 2.75) is 82.6 Å². The molecule has 1 aliphatic heterocycles. The van der Waals surface area contributed by atoms with Gasteiger partial charge in [0.05, 0.1) is 5.54 Å². The molecule has 0 spiro atoms. The molecular weight excluding hydrogens is 284 g/mol. The topological polar surface area (TPSA) is 63.0 Å². The van der Waals surface area contributed by atoms with Crippen LogP contribution in [0, 0.1) is 22.7 Å². The Kier molecular flexibility index (Phi) is 5.27. The molecular formula is C19H34N4. The van der Waals surface area contributed by atoms with Gasteiger partial charge in [-0.1, -0.05) is 32.1 Å². The van der Waals surface area contributed by atoms with Crippen molar-refractivity contribution < 1.29 is 0 Å². The number of rotatable bonds is 5. The third-order valence-corrected chi connectivity index (χ3v) is 6.37. The molecule has 2 saturated carbocycles. The maximum Gasteiger partial charge on any atom is 0.191 e. The van der Waals surface area contributed by atoms with Crippen LogP contribution in [0.2, 0.25) is 0 Å². The summed E-state index contributed by atoms with van der Waals surface area (Å²) in [6, 6.07) is 0. The zero-order valence-corrected chi connectivity index (χ0v) is 14.8. The van der Waals surface area contributed by atoms with Gasteiger partial charge < -0.3 is 15.6 Å². The number of nitrogens with one attached hydrogen (secondary N) is 3. The fourth-order valence-electron chi connectivity index (χ4n) is 5.12. The first-order valence-electron chi connectivity index (χ1n) is 9.70. The Bertz CT molecular complexity index is 441. The van der Waals surface area contributed by atoms with Crippen molar-refractivity contribution in [3.8, 4) is 0 Å². The summed E-state index contributed by atoms with van der Waals surface area (Å²) < 4.78 is 0. The second-order valence-electron chi connectivity index (χ2n) is 8.42. The van der Waals surface area contributed by atoms with Crippen LogP contribution in [0.3, 0.4) is 0 Å².